The summed E-state index contributed by atoms with van der Waals surface area (Å²) in [7, 11) is 0. The first-order valence-corrected chi connectivity index (χ1v) is 4.55. The summed E-state index contributed by atoms with van der Waals surface area (Å²) in [5.74, 6) is 0.944. The molecule has 0 fully saturated rings. The highest BCUT2D eigenvalue weighted by Crippen LogP contribution is 2.10. The van der Waals surface area contributed by atoms with Crippen molar-refractivity contribution in [1.29, 1.82) is 0 Å². The predicted molar refractivity (Wildman–Crippen MR) is 47.2 cm³/mol. The molecule has 0 bridgehead atoms. The Labute approximate surface area is 65.2 Å². The number of rotatable bonds is 6. The van der Waals surface area contributed by atoms with E-state index in [-0.39, 0.29) is 0 Å². The van der Waals surface area contributed by atoms with Gasteiger partial charge < -0.3 is 5.32 Å². The Kier molecular flexibility index (Phi) is 7.04. The van der Waals surface area contributed by atoms with Crippen LogP contribution in [0.25, 0.3) is 0 Å². The van der Waals surface area contributed by atoms with Crippen LogP contribution in [0.2, 0.25) is 0 Å². The molecule has 1 heteroatoms. The summed E-state index contributed by atoms with van der Waals surface area (Å²) >= 11 is 0. The van der Waals surface area contributed by atoms with Crippen molar-refractivity contribution >= 4 is 0 Å². The maximum Gasteiger partial charge on any atom is -0.00464 e. The Morgan fingerprint density at radius 3 is 2.10 bits per heavy atom. The van der Waals surface area contributed by atoms with E-state index in [1.165, 1.54) is 25.8 Å². The van der Waals surface area contributed by atoms with E-state index >= 15 is 0 Å². The topological polar surface area (TPSA) is 12.0 Å². The van der Waals surface area contributed by atoms with Gasteiger partial charge in [-0.1, -0.05) is 33.6 Å². The summed E-state index contributed by atoms with van der Waals surface area (Å²) in [6, 6.07) is 0. The molecule has 0 saturated carbocycles. The van der Waals surface area contributed by atoms with E-state index in [0.29, 0.717) is 0 Å². The molecule has 0 amide bonds. The molecule has 0 saturated heterocycles. The zero-order valence-electron chi connectivity index (χ0n) is 7.61. The summed E-state index contributed by atoms with van der Waals surface area (Å²) in [5, 5.41) is 3.35. The van der Waals surface area contributed by atoms with Crippen molar-refractivity contribution in [3.8, 4) is 0 Å². The highest BCUT2D eigenvalue weighted by molar-refractivity contribution is 4.56. The first-order chi connectivity index (χ1) is 4.85. The fourth-order valence-electron chi connectivity index (χ4n) is 1.18. The van der Waals surface area contributed by atoms with Crippen LogP contribution in [-0.4, -0.2) is 13.1 Å². The van der Waals surface area contributed by atoms with Gasteiger partial charge in [0.2, 0.25) is 0 Å². The van der Waals surface area contributed by atoms with Crippen molar-refractivity contribution in [3.63, 3.8) is 0 Å². The first-order valence-electron chi connectivity index (χ1n) is 4.55. The van der Waals surface area contributed by atoms with Gasteiger partial charge in [0.05, 0.1) is 0 Å². The van der Waals surface area contributed by atoms with Gasteiger partial charge >= 0.3 is 0 Å². The van der Waals surface area contributed by atoms with Gasteiger partial charge in [-0.15, -0.1) is 0 Å². The van der Waals surface area contributed by atoms with Crippen LogP contribution in [0, 0.1) is 5.92 Å². The average molecular weight is 143 g/mol. The van der Waals surface area contributed by atoms with E-state index in [4.69, 9.17) is 0 Å². The molecule has 0 rings (SSSR count). The predicted octanol–water partition coefficient (Wildman–Crippen LogP) is 2.42. The normalized spacial score (nSPS) is 10.8. The van der Waals surface area contributed by atoms with Gasteiger partial charge in [-0.05, 0) is 25.4 Å². The van der Waals surface area contributed by atoms with Gasteiger partial charge in [-0.3, -0.25) is 0 Å². The molecule has 0 spiro atoms. The van der Waals surface area contributed by atoms with Gasteiger partial charge in [-0.25, -0.2) is 0 Å². The van der Waals surface area contributed by atoms with Crippen LogP contribution in [0.5, 0.6) is 0 Å². The van der Waals surface area contributed by atoms with E-state index in [2.05, 4.69) is 26.1 Å². The van der Waals surface area contributed by atoms with E-state index in [1.54, 1.807) is 0 Å². The van der Waals surface area contributed by atoms with Crippen LogP contribution < -0.4 is 5.32 Å². The highest BCUT2D eigenvalue weighted by Gasteiger charge is 2.00. The Hall–Kier alpha value is -0.0400. The van der Waals surface area contributed by atoms with Crippen LogP contribution in [0.4, 0.5) is 0 Å². The summed E-state index contributed by atoms with van der Waals surface area (Å²) in [5.41, 5.74) is 0. The van der Waals surface area contributed by atoms with Crippen molar-refractivity contribution in [2.24, 2.45) is 5.92 Å². The maximum atomic E-state index is 3.35. The molecule has 0 aromatic carbocycles. The van der Waals surface area contributed by atoms with Crippen LogP contribution >= 0.6 is 0 Å². The molecule has 0 heterocycles. The highest BCUT2D eigenvalue weighted by atomic mass is 14.8. The summed E-state index contributed by atoms with van der Waals surface area (Å²) in [6.45, 7) is 9.02. The van der Waals surface area contributed by atoms with Crippen LogP contribution in [0.15, 0.2) is 0 Å². The standard InChI is InChI=1S/C9H21N/c1-4-9(5-2)7-8-10-6-3/h9-10H,4-8H2,1-3H3. The van der Waals surface area contributed by atoms with Crippen molar-refractivity contribution < 1.29 is 0 Å². The van der Waals surface area contributed by atoms with Gasteiger partial charge in [-0.2, -0.15) is 0 Å². The summed E-state index contributed by atoms with van der Waals surface area (Å²) in [6.07, 6.45) is 4.02. The fraction of sp³-hybridized carbons (Fsp3) is 1.00. The van der Waals surface area contributed by atoms with Crippen molar-refractivity contribution in [2.45, 2.75) is 40.0 Å². The molecule has 1 N–H and O–H groups in total. The minimum Gasteiger partial charge on any atom is -0.317 e. The maximum absolute atomic E-state index is 3.35. The minimum atomic E-state index is 0.944. The number of hydrogen-bond acceptors (Lipinski definition) is 1. The van der Waals surface area contributed by atoms with Gasteiger partial charge in [0.1, 0.15) is 0 Å². The third-order valence-electron chi connectivity index (χ3n) is 2.13. The zero-order chi connectivity index (χ0) is 7.82. The molecule has 0 aliphatic rings. The molecular weight excluding hydrogens is 122 g/mol. The largest absolute Gasteiger partial charge is 0.317 e. The molecule has 1 nitrogen and oxygen atoms in total. The van der Waals surface area contributed by atoms with Gasteiger partial charge in [0.25, 0.3) is 0 Å². The molecule has 0 atom stereocenters. The molecule has 62 valence electrons. The molecule has 0 aliphatic heterocycles. The monoisotopic (exact) mass is 143 g/mol. The van der Waals surface area contributed by atoms with E-state index in [0.717, 1.165) is 12.5 Å². The van der Waals surface area contributed by atoms with Gasteiger partial charge in [0.15, 0.2) is 0 Å². The second-order valence-corrected chi connectivity index (χ2v) is 2.82. The molecule has 10 heavy (non-hydrogen) atoms. The van der Waals surface area contributed by atoms with E-state index in [1.807, 2.05) is 0 Å². The Morgan fingerprint density at radius 2 is 1.70 bits per heavy atom. The summed E-state index contributed by atoms with van der Waals surface area (Å²) < 4.78 is 0. The lowest BCUT2D eigenvalue weighted by Crippen LogP contribution is -2.16. The smallest absolute Gasteiger partial charge is 0.00464 e. The third-order valence-corrected chi connectivity index (χ3v) is 2.13. The molecule has 0 unspecified atom stereocenters. The molecular formula is C9H21N. The van der Waals surface area contributed by atoms with Crippen molar-refractivity contribution in [3.05, 3.63) is 0 Å². The van der Waals surface area contributed by atoms with Crippen molar-refractivity contribution in [1.82, 2.24) is 5.32 Å². The Balaban J connectivity index is 3.09. The van der Waals surface area contributed by atoms with Crippen LogP contribution in [-0.2, 0) is 0 Å². The lowest BCUT2D eigenvalue weighted by molar-refractivity contribution is 0.442. The first kappa shape index (κ1) is 9.96. The molecule has 0 aromatic heterocycles. The summed E-state index contributed by atoms with van der Waals surface area (Å²) in [4.78, 5) is 0. The van der Waals surface area contributed by atoms with E-state index in [9.17, 15) is 0 Å². The lowest BCUT2D eigenvalue weighted by atomic mass is 10.00. The van der Waals surface area contributed by atoms with Crippen molar-refractivity contribution in [2.75, 3.05) is 13.1 Å². The van der Waals surface area contributed by atoms with Crippen LogP contribution in [0.3, 0.4) is 0 Å². The third kappa shape index (κ3) is 4.80. The average Bonchev–Trinajstić information content (AvgIpc) is 1.99. The zero-order valence-corrected chi connectivity index (χ0v) is 7.61. The molecule has 0 radical (unpaired) electrons. The van der Waals surface area contributed by atoms with Gasteiger partial charge in [0, 0.05) is 0 Å². The lowest BCUT2D eigenvalue weighted by Gasteiger charge is -2.11. The quantitative estimate of drug-likeness (QED) is 0.563. The number of nitrogens with one attached hydrogen (secondary N) is 1. The Morgan fingerprint density at radius 1 is 1.10 bits per heavy atom. The number of hydrogen-bond donors (Lipinski definition) is 1. The minimum absolute atomic E-state index is 0.944. The Bertz CT molecular complexity index is 57.7. The molecule has 0 aliphatic carbocycles. The second kappa shape index (κ2) is 7.07. The van der Waals surface area contributed by atoms with Crippen LogP contribution in [0.1, 0.15) is 40.0 Å². The second-order valence-electron chi connectivity index (χ2n) is 2.82. The molecule has 0 aromatic rings. The fourth-order valence-corrected chi connectivity index (χ4v) is 1.18. The van der Waals surface area contributed by atoms with E-state index < -0.39 is 0 Å². The SMILES string of the molecule is CCNCCC(CC)CC.